The third-order valence-corrected chi connectivity index (χ3v) is 6.03. The van der Waals surface area contributed by atoms with E-state index >= 15 is 0 Å². The molecule has 7 nitrogen and oxygen atoms in total. The van der Waals surface area contributed by atoms with Crippen molar-refractivity contribution in [1.82, 2.24) is 9.88 Å². The first-order chi connectivity index (χ1) is 15.7. The molecule has 1 aromatic heterocycles. The lowest BCUT2D eigenvalue weighted by Gasteiger charge is -2.33. The molecule has 2 saturated heterocycles. The zero-order valence-corrected chi connectivity index (χ0v) is 19.0. The second-order valence-corrected chi connectivity index (χ2v) is 8.28. The van der Waals surface area contributed by atoms with Crippen LogP contribution >= 0.6 is 0 Å². The largest absolute Gasteiger partial charge is 0.493 e. The van der Waals surface area contributed by atoms with Crippen LogP contribution in [-0.4, -0.2) is 69.0 Å². The van der Waals surface area contributed by atoms with E-state index in [1.807, 2.05) is 12.3 Å². The summed E-state index contributed by atoms with van der Waals surface area (Å²) in [6.07, 6.45) is 5.93. The molecule has 0 radical (unpaired) electrons. The molecule has 2 fully saturated rings. The smallest absolute Gasteiger partial charge is 0.161 e. The predicted molar refractivity (Wildman–Crippen MR) is 128 cm³/mol. The molecule has 0 unspecified atom stereocenters. The van der Waals surface area contributed by atoms with Gasteiger partial charge in [-0.1, -0.05) is 18.7 Å². The van der Waals surface area contributed by atoms with Crippen LogP contribution < -0.4 is 19.7 Å². The number of hydrogen-bond donors (Lipinski definition) is 1. The SMILES string of the molecule is C=CCOc1cc(CN2CCC(Nc3ccc(N4CCOCC4)nc3)CC2)ccc1OC. The molecule has 2 aliphatic rings. The van der Waals surface area contributed by atoms with Gasteiger partial charge in [0.1, 0.15) is 12.4 Å². The lowest BCUT2D eigenvalue weighted by atomic mass is 10.0. The van der Waals surface area contributed by atoms with Gasteiger partial charge >= 0.3 is 0 Å². The first kappa shape index (κ1) is 22.4. The number of hydrogen-bond acceptors (Lipinski definition) is 7. The molecular formula is C25H34N4O3. The Kier molecular flexibility index (Phi) is 7.85. The first-order valence-electron chi connectivity index (χ1n) is 11.4. The van der Waals surface area contributed by atoms with Gasteiger partial charge in [0.2, 0.25) is 0 Å². The highest BCUT2D eigenvalue weighted by Gasteiger charge is 2.20. The molecule has 0 aliphatic carbocycles. The van der Waals surface area contributed by atoms with Crippen LogP contribution in [0.25, 0.3) is 0 Å². The minimum atomic E-state index is 0.471. The molecule has 0 atom stereocenters. The van der Waals surface area contributed by atoms with Gasteiger partial charge in [0.25, 0.3) is 0 Å². The predicted octanol–water partition coefficient (Wildman–Crippen LogP) is 3.57. The fraction of sp³-hybridized carbons (Fsp3) is 0.480. The van der Waals surface area contributed by atoms with Gasteiger partial charge in [-0.15, -0.1) is 0 Å². The number of likely N-dealkylation sites (tertiary alicyclic amines) is 1. The highest BCUT2D eigenvalue weighted by Crippen LogP contribution is 2.29. The second kappa shape index (κ2) is 11.2. The number of nitrogens with zero attached hydrogens (tertiary/aromatic N) is 3. The van der Waals surface area contributed by atoms with Crippen LogP contribution in [0.4, 0.5) is 11.5 Å². The maximum Gasteiger partial charge on any atom is 0.161 e. The molecule has 1 aromatic carbocycles. The minimum absolute atomic E-state index is 0.471. The molecule has 1 N–H and O–H groups in total. The Balaban J connectivity index is 1.26. The highest BCUT2D eigenvalue weighted by atomic mass is 16.5. The molecule has 0 spiro atoms. The van der Waals surface area contributed by atoms with Crippen molar-refractivity contribution in [3.8, 4) is 11.5 Å². The number of ether oxygens (including phenoxy) is 3. The van der Waals surface area contributed by atoms with Crippen molar-refractivity contribution in [3.05, 3.63) is 54.7 Å². The molecule has 2 aromatic rings. The lowest BCUT2D eigenvalue weighted by molar-refractivity contribution is 0.122. The Bertz CT molecular complexity index is 860. The molecule has 0 bridgehead atoms. The summed E-state index contributed by atoms with van der Waals surface area (Å²) in [6.45, 7) is 10.6. The highest BCUT2D eigenvalue weighted by molar-refractivity contribution is 5.49. The Morgan fingerprint density at radius 2 is 1.94 bits per heavy atom. The Hall–Kier alpha value is -2.77. The molecule has 7 heteroatoms. The number of rotatable bonds is 9. The fourth-order valence-corrected chi connectivity index (χ4v) is 4.26. The van der Waals surface area contributed by atoms with Crippen molar-refractivity contribution < 1.29 is 14.2 Å². The van der Waals surface area contributed by atoms with Gasteiger partial charge in [0, 0.05) is 38.8 Å². The maximum atomic E-state index is 5.75. The third-order valence-electron chi connectivity index (χ3n) is 6.03. The van der Waals surface area contributed by atoms with Gasteiger partial charge in [-0.05, 0) is 42.7 Å². The number of aromatic nitrogens is 1. The van der Waals surface area contributed by atoms with Gasteiger partial charge < -0.3 is 24.4 Å². The van der Waals surface area contributed by atoms with E-state index in [0.29, 0.717) is 12.6 Å². The number of nitrogens with one attached hydrogen (secondary N) is 1. The molecule has 3 heterocycles. The Morgan fingerprint density at radius 3 is 2.62 bits per heavy atom. The minimum Gasteiger partial charge on any atom is -0.493 e. The van der Waals surface area contributed by atoms with Crippen molar-refractivity contribution in [3.63, 3.8) is 0 Å². The molecule has 32 heavy (non-hydrogen) atoms. The van der Waals surface area contributed by atoms with Gasteiger partial charge in [-0.25, -0.2) is 4.98 Å². The van der Waals surface area contributed by atoms with Crippen molar-refractivity contribution in [2.24, 2.45) is 0 Å². The van der Waals surface area contributed by atoms with Crippen molar-refractivity contribution >= 4 is 11.5 Å². The number of morpholine rings is 1. The van der Waals surface area contributed by atoms with Gasteiger partial charge in [-0.3, -0.25) is 4.90 Å². The molecule has 2 aliphatic heterocycles. The van der Waals surface area contributed by atoms with Crippen molar-refractivity contribution in [2.75, 3.05) is 63.3 Å². The van der Waals surface area contributed by atoms with Crippen LogP contribution in [0.3, 0.4) is 0 Å². The van der Waals surface area contributed by atoms with E-state index in [1.54, 1.807) is 13.2 Å². The van der Waals surface area contributed by atoms with Crippen LogP contribution in [0.2, 0.25) is 0 Å². The quantitative estimate of drug-likeness (QED) is 0.601. The molecule has 4 rings (SSSR count). The zero-order valence-electron chi connectivity index (χ0n) is 19.0. The first-order valence-corrected chi connectivity index (χ1v) is 11.4. The Morgan fingerprint density at radius 1 is 1.12 bits per heavy atom. The molecule has 0 amide bonds. The summed E-state index contributed by atoms with van der Waals surface area (Å²) in [5, 5.41) is 3.66. The summed E-state index contributed by atoms with van der Waals surface area (Å²) in [5.41, 5.74) is 2.33. The summed E-state index contributed by atoms with van der Waals surface area (Å²) in [6, 6.07) is 10.9. The molecule has 0 saturated carbocycles. The van der Waals surface area contributed by atoms with E-state index in [9.17, 15) is 0 Å². The van der Waals surface area contributed by atoms with Crippen LogP contribution in [0, 0.1) is 0 Å². The van der Waals surface area contributed by atoms with Gasteiger partial charge in [-0.2, -0.15) is 0 Å². The third kappa shape index (κ3) is 5.93. The maximum absolute atomic E-state index is 5.75. The second-order valence-electron chi connectivity index (χ2n) is 8.28. The van der Waals surface area contributed by atoms with Crippen molar-refractivity contribution in [1.29, 1.82) is 0 Å². The normalized spacial score (nSPS) is 17.7. The van der Waals surface area contributed by atoms with Crippen LogP contribution in [0.15, 0.2) is 49.2 Å². The average Bonchev–Trinajstić information content (AvgIpc) is 2.85. The van der Waals surface area contributed by atoms with E-state index < -0.39 is 0 Å². The number of pyridine rings is 1. The van der Waals surface area contributed by atoms with Gasteiger partial charge in [0.05, 0.1) is 32.2 Å². The number of methoxy groups -OCH3 is 1. The van der Waals surface area contributed by atoms with E-state index in [4.69, 9.17) is 14.2 Å². The summed E-state index contributed by atoms with van der Waals surface area (Å²) in [5.74, 6) is 2.56. The number of benzene rings is 1. The van der Waals surface area contributed by atoms with E-state index in [0.717, 1.165) is 81.8 Å². The van der Waals surface area contributed by atoms with E-state index in [1.165, 1.54) is 5.56 Å². The lowest BCUT2D eigenvalue weighted by Crippen LogP contribution is -2.38. The summed E-state index contributed by atoms with van der Waals surface area (Å²) in [7, 11) is 1.67. The zero-order chi connectivity index (χ0) is 22.2. The molecular weight excluding hydrogens is 404 g/mol. The Labute approximate surface area is 191 Å². The number of piperidine rings is 1. The molecule has 172 valence electrons. The fourth-order valence-electron chi connectivity index (χ4n) is 4.26. The number of anilines is 2. The topological polar surface area (TPSA) is 59.1 Å². The van der Waals surface area contributed by atoms with Crippen LogP contribution in [-0.2, 0) is 11.3 Å². The van der Waals surface area contributed by atoms with Crippen molar-refractivity contribution in [2.45, 2.75) is 25.4 Å². The summed E-state index contributed by atoms with van der Waals surface area (Å²) < 4.78 is 16.6. The van der Waals surface area contributed by atoms with E-state index in [-0.39, 0.29) is 0 Å². The van der Waals surface area contributed by atoms with Crippen LogP contribution in [0.1, 0.15) is 18.4 Å². The summed E-state index contributed by atoms with van der Waals surface area (Å²) >= 11 is 0. The monoisotopic (exact) mass is 438 g/mol. The van der Waals surface area contributed by atoms with Gasteiger partial charge in [0.15, 0.2) is 11.5 Å². The average molecular weight is 439 g/mol. The van der Waals surface area contributed by atoms with Crippen LogP contribution in [0.5, 0.6) is 11.5 Å². The summed E-state index contributed by atoms with van der Waals surface area (Å²) in [4.78, 5) is 9.43. The van der Waals surface area contributed by atoms with E-state index in [2.05, 4.69) is 50.9 Å². The standard InChI is InChI=1S/C25H34N4O3/c1-3-14-32-24-17-20(4-6-23(24)30-2)19-28-10-8-21(9-11-28)27-22-5-7-25(26-18-22)29-12-15-31-16-13-29/h3-7,17-18,21,27H,1,8-16,19H2,2H3.